The molecular weight excluding hydrogens is 590 g/mol. The number of anilines is 2. The molecule has 236 valence electrons. The summed E-state index contributed by atoms with van der Waals surface area (Å²) >= 11 is 0. The molecule has 6 rings (SSSR count). The standard InChI is InChI=1S/C31H38F2N6O4S/c1-31(2)19-39(44(41,42)24-15-21(32)14-22(33)16-24)18-26-28(31)36-37-29(26)35-30(40)25-6-5-20(17-38-9-3-4-10-38)13-27(25)34-23-7-11-43-12-8-23/h5-6,13-16,23,34H,3-4,7-12,17-19H2,1-2H3,(H2,35,36,37,40). The summed E-state index contributed by atoms with van der Waals surface area (Å²) in [5, 5.41) is 13.8. The van der Waals surface area contributed by atoms with Gasteiger partial charge in [0.15, 0.2) is 5.82 Å². The van der Waals surface area contributed by atoms with Crippen molar-refractivity contribution in [2.75, 3.05) is 43.5 Å². The monoisotopic (exact) mass is 628 g/mol. The summed E-state index contributed by atoms with van der Waals surface area (Å²) in [6.07, 6.45) is 4.05. The van der Waals surface area contributed by atoms with Crippen LogP contribution in [0.4, 0.5) is 20.3 Å². The Kier molecular flexibility index (Phi) is 8.48. The van der Waals surface area contributed by atoms with E-state index in [1.54, 1.807) is 0 Å². The van der Waals surface area contributed by atoms with Gasteiger partial charge in [-0.3, -0.25) is 14.8 Å². The van der Waals surface area contributed by atoms with Gasteiger partial charge in [0.05, 0.1) is 10.5 Å². The molecule has 10 nitrogen and oxygen atoms in total. The zero-order chi connectivity index (χ0) is 31.1. The summed E-state index contributed by atoms with van der Waals surface area (Å²) in [4.78, 5) is 15.7. The van der Waals surface area contributed by atoms with Crippen LogP contribution < -0.4 is 10.6 Å². The van der Waals surface area contributed by atoms with Crippen LogP contribution in [0.1, 0.15) is 66.7 Å². The molecule has 44 heavy (non-hydrogen) atoms. The molecule has 3 aliphatic heterocycles. The Hall–Kier alpha value is -3.39. The predicted octanol–water partition coefficient (Wildman–Crippen LogP) is 4.61. The van der Waals surface area contributed by atoms with Crippen LogP contribution in [0.3, 0.4) is 0 Å². The normalized spacial score (nSPS) is 19.5. The number of H-pyrrole nitrogens is 1. The minimum Gasteiger partial charge on any atom is -0.381 e. The van der Waals surface area contributed by atoms with Gasteiger partial charge in [-0.05, 0) is 68.6 Å². The highest BCUT2D eigenvalue weighted by molar-refractivity contribution is 7.89. The number of ether oxygens (including phenoxy) is 1. The van der Waals surface area contributed by atoms with Gasteiger partial charge < -0.3 is 15.4 Å². The molecule has 0 spiro atoms. The molecule has 0 atom stereocenters. The van der Waals surface area contributed by atoms with Gasteiger partial charge in [-0.25, -0.2) is 17.2 Å². The Balaban J connectivity index is 1.27. The zero-order valence-electron chi connectivity index (χ0n) is 25.0. The van der Waals surface area contributed by atoms with Crippen LogP contribution in [0.15, 0.2) is 41.3 Å². The Morgan fingerprint density at radius 2 is 1.80 bits per heavy atom. The molecule has 3 aromatic rings. The molecule has 2 aromatic carbocycles. The van der Waals surface area contributed by atoms with E-state index in [9.17, 15) is 22.0 Å². The molecule has 0 saturated carbocycles. The number of nitrogens with zero attached hydrogens (tertiary/aromatic N) is 3. The lowest BCUT2D eigenvalue weighted by molar-refractivity contribution is 0.0904. The third-order valence-electron chi connectivity index (χ3n) is 8.67. The average molecular weight is 629 g/mol. The molecule has 2 saturated heterocycles. The minimum atomic E-state index is -4.26. The van der Waals surface area contributed by atoms with E-state index in [0.717, 1.165) is 55.9 Å². The lowest BCUT2D eigenvalue weighted by Gasteiger charge is -2.36. The number of carbonyl (C=O) groups excluding carboxylic acids is 1. The molecule has 2 fully saturated rings. The number of halogens is 2. The van der Waals surface area contributed by atoms with Crippen molar-refractivity contribution in [3.63, 3.8) is 0 Å². The highest BCUT2D eigenvalue weighted by atomic mass is 32.2. The first-order valence-corrected chi connectivity index (χ1v) is 16.5. The summed E-state index contributed by atoms with van der Waals surface area (Å²) in [5.74, 6) is -2.13. The van der Waals surface area contributed by atoms with Crippen LogP contribution in [0.5, 0.6) is 0 Å². The second kappa shape index (κ2) is 12.2. The van der Waals surface area contributed by atoms with Gasteiger partial charge >= 0.3 is 0 Å². The van der Waals surface area contributed by atoms with Crippen molar-refractivity contribution in [1.29, 1.82) is 0 Å². The Labute approximate surface area is 256 Å². The van der Waals surface area contributed by atoms with Gasteiger partial charge in [-0.15, -0.1) is 0 Å². The van der Waals surface area contributed by atoms with E-state index in [1.807, 2.05) is 32.0 Å². The Morgan fingerprint density at radius 1 is 1.09 bits per heavy atom. The van der Waals surface area contributed by atoms with E-state index in [0.29, 0.717) is 36.1 Å². The number of likely N-dealkylation sites (tertiary alicyclic amines) is 1. The summed E-state index contributed by atoms with van der Waals surface area (Å²) in [6, 6.07) is 8.24. The van der Waals surface area contributed by atoms with Crippen molar-refractivity contribution in [2.45, 2.75) is 69.0 Å². The number of benzene rings is 2. The zero-order valence-corrected chi connectivity index (χ0v) is 25.8. The molecule has 3 aliphatic rings. The maximum Gasteiger partial charge on any atom is 0.258 e. The summed E-state index contributed by atoms with van der Waals surface area (Å²) in [5.41, 5.74) is 2.76. The van der Waals surface area contributed by atoms with Crippen molar-refractivity contribution < 1.29 is 26.7 Å². The van der Waals surface area contributed by atoms with E-state index in [-0.39, 0.29) is 30.9 Å². The number of hydrogen-bond donors (Lipinski definition) is 3. The Morgan fingerprint density at radius 3 is 2.50 bits per heavy atom. The van der Waals surface area contributed by atoms with Crippen LogP contribution in [0.2, 0.25) is 0 Å². The number of aromatic amines is 1. The molecule has 4 heterocycles. The molecule has 1 amide bonds. The van der Waals surface area contributed by atoms with Gasteiger partial charge in [-0.2, -0.15) is 9.40 Å². The van der Waals surface area contributed by atoms with E-state index < -0.39 is 32.0 Å². The largest absolute Gasteiger partial charge is 0.381 e. The van der Waals surface area contributed by atoms with Crippen LogP contribution in [-0.2, 0) is 33.3 Å². The number of nitrogens with one attached hydrogen (secondary N) is 3. The molecule has 0 aliphatic carbocycles. The highest BCUT2D eigenvalue weighted by Gasteiger charge is 2.41. The molecule has 0 bridgehead atoms. The van der Waals surface area contributed by atoms with Gasteiger partial charge in [0, 0.05) is 67.3 Å². The maximum absolute atomic E-state index is 13.9. The number of sulfonamides is 1. The quantitative estimate of drug-likeness (QED) is 0.333. The first-order chi connectivity index (χ1) is 21.0. The lowest BCUT2D eigenvalue weighted by atomic mass is 9.84. The van der Waals surface area contributed by atoms with Gasteiger partial charge in [0.2, 0.25) is 10.0 Å². The molecule has 1 aromatic heterocycles. The molecule has 0 radical (unpaired) electrons. The van der Waals surface area contributed by atoms with Crippen molar-refractivity contribution >= 4 is 27.4 Å². The van der Waals surface area contributed by atoms with Crippen LogP contribution in [0, 0.1) is 11.6 Å². The molecular formula is C31H38F2N6O4S. The van der Waals surface area contributed by atoms with Crippen LogP contribution in [0.25, 0.3) is 0 Å². The Bertz CT molecular complexity index is 1630. The molecule has 13 heteroatoms. The molecule has 0 unspecified atom stereocenters. The highest BCUT2D eigenvalue weighted by Crippen LogP contribution is 2.38. The molecule has 3 N–H and O–H groups in total. The van der Waals surface area contributed by atoms with Crippen molar-refractivity contribution in [3.8, 4) is 0 Å². The SMILES string of the molecule is CC1(C)CN(S(=O)(=O)c2cc(F)cc(F)c2)Cc2c(NC(=O)c3ccc(CN4CCCC4)cc3NC3CCOCC3)n[nH]c21. The number of rotatable bonds is 8. The average Bonchev–Trinajstić information content (AvgIpc) is 3.63. The fraction of sp³-hybridized carbons (Fsp3) is 0.484. The van der Waals surface area contributed by atoms with E-state index in [4.69, 9.17) is 4.74 Å². The minimum absolute atomic E-state index is 0.0493. The summed E-state index contributed by atoms with van der Waals surface area (Å²) in [7, 11) is -4.26. The second-order valence-electron chi connectivity index (χ2n) is 12.5. The summed E-state index contributed by atoms with van der Waals surface area (Å²) in [6.45, 7) is 7.86. The number of carbonyl (C=O) groups is 1. The van der Waals surface area contributed by atoms with Crippen LogP contribution >= 0.6 is 0 Å². The van der Waals surface area contributed by atoms with Gasteiger partial charge in [-0.1, -0.05) is 19.9 Å². The summed E-state index contributed by atoms with van der Waals surface area (Å²) < 4.78 is 61.6. The second-order valence-corrected chi connectivity index (χ2v) is 14.5. The number of amides is 1. The number of aromatic nitrogens is 2. The van der Waals surface area contributed by atoms with Crippen molar-refractivity contribution in [2.24, 2.45) is 0 Å². The lowest BCUT2D eigenvalue weighted by Crippen LogP contribution is -2.45. The number of fused-ring (bicyclic) bond motifs is 1. The fourth-order valence-electron chi connectivity index (χ4n) is 6.37. The predicted molar refractivity (Wildman–Crippen MR) is 162 cm³/mol. The fourth-order valence-corrected chi connectivity index (χ4v) is 7.99. The van der Waals surface area contributed by atoms with E-state index >= 15 is 0 Å². The smallest absolute Gasteiger partial charge is 0.258 e. The first-order valence-electron chi connectivity index (χ1n) is 15.0. The van der Waals surface area contributed by atoms with Gasteiger partial charge in [0.1, 0.15) is 11.6 Å². The van der Waals surface area contributed by atoms with Crippen molar-refractivity contribution in [3.05, 3.63) is 70.4 Å². The third-order valence-corrected chi connectivity index (χ3v) is 10.4. The van der Waals surface area contributed by atoms with E-state index in [1.165, 1.54) is 17.1 Å². The number of hydrogen-bond acceptors (Lipinski definition) is 7. The van der Waals surface area contributed by atoms with Gasteiger partial charge in [0.25, 0.3) is 5.91 Å². The van der Waals surface area contributed by atoms with E-state index in [2.05, 4.69) is 25.7 Å². The third kappa shape index (κ3) is 6.37. The topological polar surface area (TPSA) is 120 Å². The van der Waals surface area contributed by atoms with Crippen LogP contribution in [-0.4, -0.2) is 72.6 Å². The maximum atomic E-state index is 13.9. The first kappa shape index (κ1) is 30.6. The van der Waals surface area contributed by atoms with Crippen molar-refractivity contribution in [1.82, 2.24) is 19.4 Å².